The van der Waals surface area contributed by atoms with Gasteiger partial charge >= 0.3 is 5.97 Å². The van der Waals surface area contributed by atoms with Crippen molar-refractivity contribution in [3.8, 4) is 0 Å². The van der Waals surface area contributed by atoms with Gasteiger partial charge in [-0.15, -0.1) is 0 Å². The third-order valence-electron chi connectivity index (χ3n) is 2.53. The number of unbranched alkanes of at least 4 members (excludes halogenated alkanes) is 3. The second kappa shape index (κ2) is 6.63. The van der Waals surface area contributed by atoms with Crippen molar-refractivity contribution in [3.05, 3.63) is 11.6 Å². The zero-order chi connectivity index (χ0) is 10.2. The van der Waals surface area contributed by atoms with Crippen molar-refractivity contribution in [1.82, 2.24) is 0 Å². The number of hydrogen-bond acceptors (Lipinski definition) is 2. The minimum absolute atomic E-state index is 0.0843. The van der Waals surface area contributed by atoms with Crippen LogP contribution in [0, 0.1) is 0 Å². The number of rotatable bonds is 6. The topological polar surface area (TPSA) is 26.3 Å². The van der Waals surface area contributed by atoms with Crippen LogP contribution in [0.1, 0.15) is 51.9 Å². The maximum Gasteiger partial charge on any atom is 0.333 e. The van der Waals surface area contributed by atoms with Crippen LogP contribution in [-0.2, 0) is 9.53 Å². The van der Waals surface area contributed by atoms with Crippen molar-refractivity contribution >= 4 is 5.97 Å². The standard InChI is InChI=1S/C12H20O2/c1-2-3-4-7-10-14-12(13)11-8-5-6-9-11/h8H,2-7,9-10H2,1H3. The predicted octanol–water partition coefficient (Wildman–Crippen LogP) is 3.22. The van der Waals surface area contributed by atoms with Crippen molar-refractivity contribution in [1.29, 1.82) is 0 Å². The number of esters is 1. The van der Waals surface area contributed by atoms with E-state index < -0.39 is 0 Å². The summed E-state index contributed by atoms with van der Waals surface area (Å²) in [5.41, 5.74) is 0.889. The number of carbonyl (C=O) groups excluding carboxylic acids is 1. The zero-order valence-corrected chi connectivity index (χ0v) is 9.05. The minimum atomic E-state index is -0.0843. The number of ether oxygens (including phenoxy) is 1. The Kier molecular flexibility index (Phi) is 5.35. The first kappa shape index (κ1) is 11.3. The Hall–Kier alpha value is -0.790. The fourth-order valence-corrected chi connectivity index (χ4v) is 1.64. The van der Waals surface area contributed by atoms with Crippen molar-refractivity contribution in [2.45, 2.75) is 51.9 Å². The molecule has 1 aliphatic carbocycles. The Morgan fingerprint density at radius 3 is 2.93 bits per heavy atom. The quantitative estimate of drug-likeness (QED) is 0.481. The first-order valence-electron chi connectivity index (χ1n) is 5.70. The molecule has 0 radical (unpaired) electrons. The average molecular weight is 196 g/mol. The van der Waals surface area contributed by atoms with Gasteiger partial charge in [-0.3, -0.25) is 0 Å². The smallest absolute Gasteiger partial charge is 0.333 e. The fourth-order valence-electron chi connectivity index (χ4n) is 1.64. The summed E-state index contributed by atoms with van der Waals surface area (Å²) in [5, 5.41) is 0. The maximum absolute atomic E-state index is 11.4. The Morgan fingerprint density at radius 1 is 1.43 bits per heavy atom. The molecule has 0 aliphatic heterocycles. The molecule has 0 N–H and O–H groups in total. The number of allylic oxidation sites excluding steroid dienone is 1. The summed E-state index contributed by atoms with van der Waals surface area (Å²) >= 11 is 0. The van der Waals surface area contributed by atoms with E-state index in [9.17, 15) is 4.79 Å². The summed E-state index contributed by atoms with van der Waals surface area (Å²) in [5.74, 6) is -0.0843. The maximum atomic E-state index is 11.4. The first-order valence-corrected chi connectivity index (χ1v) is 5.70. The molecule has 80 valence electrons. The van der Waals surface area contributed by atoms with Crippen LogP contribution >= 0.6 is 0 Å². The van der Waals surface area contributed by atoms with Crippen molar-refractivity contribution in [2.24, 2.45) is 0 Å². The molecule has 14 heavy (non-hydrogen) atoms. The molecule has 0 heterocycles. The first-order chi connectivity index (χ1) is 6.84. The van der Waals surface area contributed by atoms with E-state index in [1.807, 2.05) is 6.08 Å². The van der Waals surface area contributed by atoms with E-state index in [4.69, 9.17) is 4.74 Å². The molecule has 0 saturated heterocycles. The molecule has 0 aromatic rings. The highest BCUT2D eigenvalue weighted by molar-refractivity contribution is 5.88. The predicted molar refractivity (Wildman–Crippen MR) is 57.0 cm³/mol. The molecule has 0 amide bonds. The van der Waals surface area contributed by atoms with E-state index in [0.717, 1.165) is 31.3 Å². The Morgan fingerprint density at radius 2 is 2.29 bits per heavy atom. The number of hydrogen-bond donors (Lipinski definition) is 0. The lowest BCUT2D eigenvalue weighted by atomic mass is 10.2. The highest BCUT2D eigenvalue weighted by atomic mass is 16.5. The molecule has 0 aromatic heterocycles. The third-order valence-corrected chi connectivity index (χ3v) is 2.53. The lowest BCUT2D eigenvalue weighted by Gasteiger charge is -2.04. The van der Waals surface area contributed by atoms with Crippen molar-refractivity contribution < 1.29 is 9.53 Å². The molecule has 0 bridgehead atoms. The summed E-state index contributed by atoms with van der Waals surface area (Å²) in [6.07, 6.45) is 9.71. The van der Waals surface area contributed by atoms with Gasteiger partial charge in [-0.25, -0.2) is 4.79 Å². The molecular formula is C12H20O2. The fraction of sp³-hybridized carbons (Fsp3) is 0.750. The second-order valence-corrected chi connectivity index (χ2v) is 3.82. The molecule has 1 aliphatic rings. The van der Waals surface area contributed by atoms with Crippen LogP contribution in [0.2, 0.25) is 0 Å². The van der Waals surface area contributed by atoms with Gasteiger partial charge in [0.05, 0.1) is 6.61 Å². The van der Waals surface area contributed by atoms with Crippen LogP contribution in [0.5, 0.6) is 0 Å². The molecule has 0 aromatic carbocycles. The SMILES string of the molecule is CCCCCCOC(=O)C1=CCCC1. The van der Waals surface area contributed by atoms with E-state index in [1.165, 1.54) is 19.3 Å². The molecule has 2 heteroatoms. The van der Waals surface area contributed by atoms with Crippen molar-refractivity contribution in [3.63, 3.8) is 0 Å². The monoisotopic (exact) mass is 196 g/mol. The lowest BCUT2D eigenvalue weighted by Crippen LogP contribution is -2.07. The molecule has 1 rings (SSSR count). The van der Waals surface area contributed by atoms with Gasteiger partial charge in [0, 0.05) is 5.57 Å². The normalized spacial score (nSPS) is 15.4. The van der Waals surface area contributed by atoms with Gasteiger partial charge in [0.1, 0.15) is 0 Å². The minimum Gasteiger partial charge on any atom is -0.462 e. The zero-order valence-electron chi connectivity index (χ0n) is 9.05. The van der Waals surface area contributed by atoms with E-state index in [2.05, 4.69) is 6.92 Å². The summed E-state index contributed by atoms with van der Waals surface area (Å²) in [6, 6.07) is 0. The summed E-state index contributed by atoms with van der Waals surface area (Å²) in [6.45, 7) is 2.77. The highest BCUT2D eigenvalue weighted by Gasteiger charge is 2.13. The van der Waals surface area contributed by atoms with E-state index in [1.54, 1.807) is 0 Å². The Balaban J connectivity index is 2.03. The largest absolute Gasteiger partial charge is 0.462 e. The summed E-state index contributed by atoms with van der Waals surface area (Å²) in [7, 11) is 0. The molecule has 0 atom stereocenters. The van der Waals surface area contributed by atoms with Crippen LogP contribution in [-0.4, -0.2) is 12.6 Å². The van der Waals surface area contributed by atoms with Gasteiger partial charge in [-0.05, 0) is 25.7 Å². The lowest BCUT2D eigenvalue weighted by molar-refractivity contribution is -0.139. The third kappa shape index (κ3) is 3.95. The summed E-state index contributed by atoms with van der Waals surface area (Å²) < 4.78 is 5.17. The van der Waals surface area contributed by atoms with Crippen LogP contribution in [0.3, 0.4) is 0 Å². The van der Waals surface area contributed by atoms with Gasteiger partial charge in [0.15, 0.2) is 0 Å². The van der Waals surface area contributed by atoms with E-state index in [0.29, 0.717) is 6.61 Å². The van der Waals surface area contributed by atoms with Gasteiger partial charge in [-0.2, -0.15) is 0 Å². The molecule has 0 spiro atoms. The van der Waals surface area contributed by atoms with Crippen molar-refractivity contribution in [2.75, 3.05) is 6.61 Å². The molecular weight excluding hydrogens is 176 g/mol. The van der Waals surface area contributed by atoms with Crippen LogP contribution < -0.4 is 0 Å². The van der Waals surface area contributed by atoms with Gasteiger partial charge < -0.3 is 4.74 Å². The average Bonchev–Trinajstić information content (AvgIpc) is 2.70. The van der Waals surface area contributed by atoms with E-state index in [-0.39, 0.29) is 5.97 Å². The molecule has 0 fully saturated rings. The summed E-state index contributed by atoms with van der Waals surface area (Å²) in [4.78, 5) is 11.4. The Labute approximate surface area is 86.3 Å². The van der Waals surface area contributed by atoms with Gasteiger partial charge in [0.25, 0.3) is 0 Å². The van der Waals surface area contributed by atoms with Gasteiger partial charge in [0.2, 0.25) is 0 Å². The van der Waals surface area contributed by atoms with Crippen LogP contribution in [0.25, 0.3) is 0 Å². The second-order valence-electron chi connectivity index (χ2n) is 3.82. The molecule has 0 saturated carbocycles. The number of carbonyl (C=O) groups is 1. The van der Waals surface area contributed by atoms with Gasteiger partial charge in [-0.1, -0.05) is 32.3 Å². The molecule has 2 nitrogen and oxygen atoms in total. The van der Waals surface area contributed by atoms with E-state index >= 15 is 0 Å². The Bertz CT molecular complexity index is 206. The molecule has 0 unspecified atom stereocenters. The van der Waals surface area contributed by atoms with Crippen LogP contribution in [0.15, 0.2) is 11.6 Å². The van der Waals surface area contributed by atoms with Crippen LogP contribution in [0.4, 0.5) is 0 Å². The highest BCUT2D eigenvalue weighted by Crippen LogP contribution is 2.18.